The third kappa shape index (κ3) is 9.20. The molecule has 25 rings (SSSR count). The molecule has 0 fully saturated rings. The molecule has 518 valence electrons. The molecule has 112 heavy (non-hydrogen) atoms. The molecule has 2 aliphatic rings. The van der Waals surface area contributed by atoms with E-state index < -0.39 is 0 Å². The van der Waals surface area contributed by atoms with Gasteiger partial charge in [0, 0.05) is 111 Å². The molecule has 17 aromatic carbocycles. The second-order valence-electron chi connectivity index (χ2n) is 29.0. The van der Waals surface area contributed by atoms with Crippen molar-refractivity contribution in [3.63, 3.8) is 0 Å². The van der Waals surface area contributed by atoms with Crippen molar-refractivity contribution >= 4 is 120 Å². The zero-order valence-corrected chi connectivity index (χ0v) is 59.9. The maximum atomic E-state index is 6.75. The predicted molar refractivity (Wildman–Crippen MR) is 457 cm³/mol. The van der Waals surface area contributed by atoms with Crippen molar-refractivity contribution in [2.45, 2.75) is 0 Å². The molecule has 0 saturated carbocycles. The van der Waals surface area contributed by atoms with Gasteiger partial charge in [0.25, 0.3) is 0 Å². The molecule has 0 atom stereocenters. The molecule has 0 saturated heterocycles. The Morgan fingerprint density at radius 1 is 0.196 bits per heavy atom. The van der Waals surface area contributed by atoms with E-state index >= 15 is 0 Å². The predicted octanol–water partition coefficient (Wildman–Crippen LogP) is 26.5. The fourth-order valence-corrected chi connectivity index (χ4v) is 18.2. The van der Waals surface area contributed by atoms with Crippen LogP contribution in [0.3, 0.4) is 0 Å². The summed E-state index contributed by atoms with van der Waals surface area (Å²) in [7, 11) is 0. The van der Waals surface area contributed by atoms with Crippen LogP contribution in [-0.2, 0) is 0 Å². The number of benzene rings is 17. The van der Waals surface area contributed by atoms with Crippen LogP contribution in [0, 0.1) is 0 Å². The van der Waals surface area contributed by atoms with Gasteiger partial charge in [0.2, 0.25) is 0 Å². The molecule has 23 aromatic rings. The van der Waals surface area contributed by atoms with Crippen molar-refractivity contribution in [3.8, 4) is 124 Å². The topological polar surface area (TPSA) is 113 Å². The summed E-state index contributed by atoms with van der Waals surface area (Å²) in [5.41, 5.74) is 25.6. The van der Waals surface area contributed by atoms with Gasteiger partial charge in [0.15, 0.2) is 34.9 Å². The number of hydrogen-bond acceptors (Lipinski definition) is 8. The molecule has 0 spiro atoms. The van der Waals surface area contributed by atoms with Crippen molar-refractivity contribution in [2.24, 2.45) is 0 Å². The molecule has 6 aromatic heterocycles. The molecule has 0 bridgehead atoms. The van der Waals surface area contributed by atoms with E-state index in [0.29, 0.717) is 34.9 Å². The average Bonchev–Trinajstić information content (AvgIpc) is 1.53. The van der Waals surface area contributed by atoms with Crippen LogP contribution < -0.4 is 0 Å². The van der Waals surface area contributed by atoms with E-state index in [-0.39, 0.29) is 0 Å². The Bertz CT molecular complexity index is 7800. The molecule has 0 unspecified atom stereocenters. The summed E-state index contributed by atoms with van der Waals surface area (Å²) in [6.45, 7) is 0. The monoisotopic (exact) mass is 1430 g/mol. The highest BCUT2D eigenvalue weighted by atomic mass is 16.3. The summed E-state index contributed by atoms with van der Waals surface area (Å²) in [4.78, 5) is 30.1. The van der Waals surface area contributed by atoms with Crippen LogP contribution in [0.2, 0.25) is 0 Å². The number of fused-ring (bicyclic) bond motifs is 15. The van der Waals surface area contributed by atoms with Crippen molar-refractivity contribution < 1.29 is 8.83 Å². The van der Waals surface area contributed by atoms with E-state index in [2.05, 4.69) is 234 Å². The highest BCUT2D eigenvalue weighted by molar-refractivity contribution is 6.37. The number of rotatable bonds is 8. The third-order valence-electron chi connectivity index (χ3n) is 22.9. The first-order valence-electron chi connectivity index (χ1n) is 37.8. The summed E-state index contributed by atoms with van der Waals surface area (Å²) >= 11 is 0. The number of aromatic nitrogens is 8. The minimum absolute atomic E-state index is 0.629. The Kier molecular flexibility index (Phi) is 13.3. The molecule has 0 amide bonds. The Labute approximate surface area is 639 Å². The van der Waals surface area contributed by atoms with Gasteiger partial charge in [-0.25, -0.2) is 29.9 Å². The SMILES string of the molecule is c1ccc(-c2nc(-c3ccccc3)nc(-c3ccc(-n4c5cc6oc7ccccc7c6c6c5c5c7c(cccc7ccc54)-c4ccccc4-6)c4ccccc34)n2)cc1.c1ccc(-c2nc(-c3ccccc3)nc(-c3ccc(-n4c5cc6oc7ccccc7c6c6c5c5c7c(cccc7ccc54)-c4ccccc4-6)cc3)n2)cc1. The largest absolute Gasteiger partial charge is 0.456 e. The Morgan fingerprint density at radius 2 is 0.562 bits per heavy atom. The summed E-state index contributed by atoms with van der Waals surface area (Å²) in [6.07, 6.45) is 0. The molecule has 0 aliphatic heterocycles. The van der Waals surface area contributed by atoms with E-state index in [9.17, 15) is 0 Å². The van der Waals surface area contributed by atoms with Gasteiger partial charge in [-0.05, 0) is 121 Å². The molecule has 6 heterocycles. The van der Waals surface area contributed by atoms with Crippen LogP contribution in [0.25, 0.3) is 244 Å². The van der Waals surface area contributed by atoms with Crippen LogP contribution in [0.4, 0.5) is 0 Å². The minimum Gasteiger partial charge on any atom is -0.456 e. The second kappa shape index (κ2) is 24.1. The fraction of sp³-hybridized carbons (Fsp3) is 0. The Morgan fingerprint density at radius 3 is 1.03 bits per heavy atom. The van der Waals surface area contributed by atoms with E-state index in [0.717, 1.165) is 121 Å². The van der Waals surface area contributed by atoms with Crippen LogP contribution in [0.1, 0.15) is 0 Å². The lowest BCUT2D eigenvalue weighted by Gasteiger charge is -2.17. The van der Waals surface area contributed by atoms with E-state index in [4.69, 9.17) is 38.7 Å². The lowest BCUT2D eigenvalue weighted by atomic mass is 9.91. The molecule has 0 radical (unpaired) electrons. The molecular formula is C102H58N8O2. The van der Waals surface area contributed by atoms with Crippen LogP contribution in [-0.4, -0.2) is 39.0 Å². The number of nitrogens with zero attached hydrogens (tertiary/aromatic N) is 8. The maximum Gasteiger partial charge on any atom is 0.164 e. The van der Waals surface area contributed by atoms with Crippen molar-refractivity contribution in [2.75, 3.05) is 0 Å². The summed E-state index contributed by atoms with van der Waals surface area (Å²) in [6, 6.07) is 124. The zero-order chi connectivity index (χ0) is 73.2. The summed E-state index contributed by atoms with van der Waals surface area (Å²) in [5, 5.41) is 16.7. The lowest BCUT2D eigenvalue weighted by Crippen LogP contribution is -2.02. The second-order valence-corrected chi connectivity index (χ2v) is 29.0. The minimum atomic E-state index is 0.629. The van der Waals surface area contributed by atoms with Crippen LogP contribution in [0.15, 0.2) is 361 Å². The van der Waals surface area contributed by atoms with Gasteiger partial charge in [-0.2, -0.15) is 0 Å². The average molecular weight is 1430 g/mol. The molecule has 10 nitrogen and oxygen atoms in total. The van der Waals surface area contributed by atoms with Gasteiger partial charge < -0.3 is 18.0 Å². The van der Waals surface area contributed by atoms with E-state index in [1.165, 1.54) is 87.6 Å². The first-order chi connectivity index (χ1) is 55.6. The first-order valence-corrected chi connectivity index (χ1v) is 37.8. The fourth-order valence-electron chi connectivity index (χ4n) is 18.2. The van der Waals surface area contributed by atoms with Crippen LogP contribution in [0.5, 0.6) is 0 Å². The van der Waals surface area contributed by atoms with Crippen molar-refractivity contribution in [3.05, 3.63) is 352 Å². The van der Waals surface area contributed by atoms with E-state index in [1.807, 2.05) is 127 Å². The maximum absolute atomic E-state index is 6.75. The smallest absolute Gasteiger partial charge is 0.164 e. The number of furan rings is 2. The highest BCUT2D eigenvalue weighted by Crippen LogP contribution is 2.56. The van der Waals surface area contributed by atoms with Gasteiger partial charge >= 0.3 is 0 Å². The lowest BCUT2D eigenvalue weighted by molar-refractivity contribution is 0.669. The third-order valence-corrected chi connectivity index (χ3v) is 22.9. The first kappa shape index (κ1) is 61.8. The molecule has 0 N–H and O–H groups in total. The highest BCUT2D eigenvalue weighted by Gasteiger charge is 2.32. The van der Waals surface area contributed by atoms with E-state index in [1.54, 1.807) is 0 Å². The van der Waals surface area contributed by atoms with Crippen molar-refractivity contribution in [1.82, 2.24) is 39.0 Å². The molecular weight excluding hydrogens is 1370 g/mol. The normalized spacial score (nSPS) is 12.1. The number of para-hydroxylation sites is 2. The van der Waals surface area contributed by atoms with Crippen LogP contribution >= 0.6 is 0 Å². The molecule has 2 aliphatic carbocycles. The van der Waals surface area contributed by atoms with Gasteiger partial charge in [-0.15, -0.1) is 0 Å². The standard InChI is InChI=1S/C53H30N4O.C49H28N4O/c1-3-14-32(15-4-1)51-54-52(33-16-5-2-6-17-33)56-53(55-51)39-27-29-41(36-21-9-7-19-34(36)39)57-42-28-26-31-18-13-24-37-35-20-8-10-22-38(35)48-47-40-23-11-12-25-44(40)58-45(47)30-43(57)50(48)49(42)46(31)37;1-3-12-30(13-4-1)47-50-48(31-14-5-2-6-15-31)52-49(51-47)32-22-25-33(26-23-32)53-38-27-24-29-16-11-20-35-34-17-7-8-18-36(34)44-43-37-19-9-10-21-40(37)54-41(43)28-39(53)46(44)45(38)42(29)35/h1-30H;1-28H. The quantitative estimate of drug-likeness (QED) is 0.148. The van der Waals surface area contributed by atoms with Crippen molar-refractivity contribution in [1.29, 1.82) is 0 Å². The zero-order valence-electron chi connectivity index (χ0n) is 59.9. The van der Waals surface area contributed by atoms with Gasteiger partial charge in [0.1, 0.15) is 22.3 Å². The number of hydrogen-bond donors (Lipinski definition) is 0. The van der Waals surface area contributed by atoms with Gasteiger partial charge in [-0.1, -0.05) is 279 Å². The summed E-state index contributed by atoms with van der Waals surface area (Å²) in [5.74, 6) is 3.83. The summed E-state index contributed by atoms with van der Waals surface area (Å²) < 4.78 is 18.3. The Balaban J connectivity index is 0.000000131. The van der Waals surface area contributed by atoms with Gasteiger partial charge in [-0.3, -0.25) is 0 Å². The van der Waals surface area contributed by atoms with Gasteiger partial charge in [0.05, 0.1) is 27.8 Å². The Hall–Kier alpha value is -15.3. The molecule has 10 heteroatoms.